The lowest BCUT2D eigenvalue weighted by molar-refractivity contribution is -0.121. The van der Waals surface area contributed by atoms with Crippen LogP contribution in [0.4, 0.5) is 0 Å². The molecule has 0 saturated carbocycles. The van der Waals surface area contributed by atoms with E-state index in [1.54, 1.807) is 12.4 Å². The lowest BCUT2D eigenvalue weighted by Crippen LogP contribution is -2.23. The van der Waals surface area contributed by atoms with Gasteiger partial charge in [0.05, 0.1) is 17.9 Å². The standard InChI is InChI=1S/C18H21N7O2/c26-16(21-11-14-9-15-12-20-7-2-8-25(15)23-14)4-5-17-22-18(24-27-17)13-3-1-6-19-10-13/h1,3,6,9-10,20H,2,4-5,7-8,11-12H2,(H,21,26). The average Bonchev–Trinajstić information content (AvgIpc) is 3.27. The Balaban J connectivity index is 1.26. The normalized spacial score (nSPS) is 13.8. The third-order valence-electron chi connectivity index (χ3n) is 4.36. The number of pyridine rings is 1. The number of aromatic nitrogens is 5. The summed E-state index contributed by atoms with van der Waals surface area (Å²) in [6, 6.07) is 5.71. The SMILES string of the molecule is O=C(CCc1nc(-c2cccnc2)no1)NCc1cc2n(n1)CCCNC2. The zero-order valence-corrected chi connectivity index (χ0v) is 14.9. The van der Waals surface area contributed by atoms with Crippen LogP contribution in [0.25, 0.3) is 11.4 Å². The van der Waals surface area contributed by atoms with Gasteiger partial charge in [0.1, 0.15) is 0 Å². The van der Waals surface area contributed by atoms with Gasteiger partial charge in [-0.2, -0.15) is 10.1 Å². The highest BCUT2D eigenvalue weighted by Crippen LogP contribution is 2.14. The van der Waals surface area contributed by atoms with Crippen molar-refractivity contribution in [1.29, 1.82) is 0 Å². The molecule has 0 fully saturated rings. The molecule has 0 atom stereocenters. The van der Waals surface area contributed by atoms with Crippen LogP contribution in [0.2, 0.25) is 0 Å². The van der Waals surface area contributed by atoms with Crippen molar-refractivity contribution in [2.24, 2.45) is 0 Å². The van der Waals surface area contributed by atoms with Gasteiger partial charge in [0, 0.05) is 43.9 Å². The molecule has 3 aromatic rings. The molecule has 0 spiro atoms. The van der Waals surface area contributed by atoms with E-state index in [-0.39, 0.29) is 12.3 Å². The molecule has 0 unspecified atom stereocenters. The number of carbonyl (C=O) groups is 1. The Hall–Kier alpha value is -3.07. The monoisotopic (exact) mass is 367 g/mol. The Morgan fingerprint density at radius 1 is 1.41 bits per heavy atom. The van der Waals surface area contributed by atoms with E-state index in [0.717, 1.165) is 43.0 Å². The summed E-state index contributed by atoms with van der Waals surface area (Å²) in [6.45, 7) is 3.15. The number of aryl methyl sites for hydroxylation is 2. The second-order valence-electron chi connectivity index (χ2n) is 6.41. The van der Waals surface area contributed by atoms with Gasteiger partial charge in [-0.25, -0.2) is 0 Å². The largest absolute Gasteiger partial charge is 0.350 e. The van der Waals surface area contributed by atoms with Gasteiger partial charge in [0.2, 0.25) is 17.6 Å². The highest BCUT2D eigenvalue weighted by atomic mass is 16.5. The molecule has 0 aromatic carbocycles. The van der Waals surface area contributed by atoms with Gasteiger partial charge < -0.3 is 15.2 Å². The second kappa shape index (κ2) is 8.09. The molecule has 9 heteroatoms. The van der Waals surface area contributed by atoms with Crippen LogP contribution in [-0.4, -0.2) is 37.4 Å². The van der Waals surface area contributed by atoms with Gasteiger partial charge in [0.15, 0.2) is 0 Å². The van der Waals surface area contributed by atoms with Gasteiger partial charge >= 0.3 is 0 Å². The maximum Gasteiger partial charge on any atom is 0.227 e. The minimum Gasteiger partial charge on any atom is -0.350 e. The molecule has 140 valence electrons. The molecule has 4 heterocycles. The fraction of sp³-hybridized carbons (Fsp3) is 0.389. The van der Waals surface area contributed by atoms with E-state index in [9.17, 15) is 4.79 Å². The first-order chi connectivity index (χ1) is 13.3. The molecule has 0 saturated heterocycles. The average molecular weight is 367 g/mol. The molecule has 1 aliphatic rings. The lowest BCUT2D eigenvalue weighted by atomic mass is 10.2. The van der Waals surface area contributed by atoms with Crippen LogP contribution in [0.3, 0.4) is 0 Å². The third-order valence-corrected chi connectivity index (χ3v) is 4.36. The van der Waals surface area contributed by atoms with Gasteiger partial charge in [0.25, 0.3) is 0 Å². The molecule has 4 rings (SSSR count). The van der Waals surface area contributed by atoms with E-state index in [2.05, 4.69) is 30.9 Å². The van der Waals surface area contributed by atoms with Crippen molar-refractivity contribution in [3.05, 3.63) is 47.9 Å². The topological polar surface area (TPSA) is 111 Å². The first kappa shape index (κ1) is 17.3. The van der Waals surface area contributed by atoms with Crippen molar-refractivity contribution in [3.63, 3.8) is 0 Å². The first-order valence-electron chi connectivity index (χ1n) is 9.04. The van der Waals surface area contributed by atoms with Crippen LogP contribution in [0.5, 0.6) is 0 Å². The van der Waals surface area contributed by atoms with E-state index in [0.29, 0.717) is 24.7 Å². The summed E-state index contributed by atoms with van der Waals surface area (Å²) in [5, 5.41) is 14.7. The molecule has 9 nitrogen and oxygen atoms in total. The van der Waals surface area contributed by atoms with Gasteiger partial charge in [-0.05, 0) is 31.2 Å². The summed E-state index contributed by atoms with van der Waals surface area (Å²) in [4.78, 5) is 20.4. The predicted molar refractivity (Wildman–Crippen MR) is 96.2 cm³/mol. The Bertz CT molecular complexity index is 880. The van der Waals surface area contributed by atoms with E-state index < -0.39 is 0 Å². The summed E-state index contributed by atoms with van der Waals surface area (Å²) in [5.41, 5.74) is 2.82. The van der Waals surface area contributed by atoms with Crippen LogP contribution in [0, 0.1) is 0 Å². The minimum absolute atomic E-state index is 0.0718. The third kappa shape index (κ3) is 4.37. The van der Waals surface area contributed by atoms with E-state index >= 15 is 0 Å². The molecule has 3 aromatic heterocycles. The maximum absolute atomic E-state index is 12.1. The Kier molecular flexibility index (Phi) is 5.20. The molecule has 2 N–H and O–H groups in total. The summed E-state index contributed by atoms with van der Waals surface area (Å²) in [7, 11) is 0. The van der Waals surface area contributed by atoms with Crippen LogP contribution in [-0.2, 0) is 30.8 Å². The quantitative estimate of drug-likeness (QED) is 0.670. The summed E-state index contributed by atoms with van der Waals surface area (Å²) in [5.74, 6) is 0.841. The minimum atomic E-state index is -0.0718. The van der Waals surface area contributed by atoms with E-state index in [4.69, 9.17) is 4.52 Å². The van der Waals surface area contributed by atoms with E-state index in [1.807, 2.05) is 22.9 Å². The van der Waals surface area contributed by atoms with Gasteiger partial charge in [-0.15, -0.1) is 0 Å². The summed E-state index contributed by atoms with van der Waals surface area (Å²) >= 11 is 0. The Labute approximate surface area is 156 Å². The van der Waals surface area contributed by atoms with Crippen LogP contribution >= 0.6 is 0 Å². The summed E-state index contributed by atoms with van der Waals surface area (Å²) < 4.78 is 7.22. The number of nitrogens with zero attached hydrogens (tertiary/aromatic N) is 5. The number of carbonyl (C=O) groups excluding carboxylic acids is 1. The van der Waals surface area contributed by atoms with Crippen LogP contribution < -0.4 is 10.6 Å². The fourth-order valence-corrected chi connectivity index (χ4v) is 2.97. The Morgan fingerprint density at radius 3 is 3.26 bits per heavy atom. The highest BCUT2D eigenvalue weighted by molar-refractivity contribution is 5.75. The number of rotatable bonds is 6. The van der Waals surface area contributed by atoms with Crippen molar-refractivity contribution in [2.75, 3.05) is 6.54 Å². The van der Waals surface area contributed by atoms with Crippen molar-refractivity contribution >= 4 is 5.91 Å². The molecular weight excluding hydrogens is 346 g/mol. The number of fused-ring (bicyclic) bond motifs is 1. The molecule has 0 radical (unpaired) electrons. The van der Waals surface area contributed by atoms with Crippen LogP contribution in [0.15, 0.2) is 35.1 Å². The lowest BCUT2D eigenvalue weighted by Gasteiger charge is -2.02. The number of nitrogens with one attached hydrogen (secondary N) is 2. The summed E-state index contributed by atoms with van der Waals surface area (Å²) in [6.07, 6.45) is 5.09. The molecular formula is C18H21N7O2. The molecule has 0 bridgehead atoms. The number of hydrogen-bond donors (Lipinski definition) is 2. The van der Waals surface area contributed by atoms with Crippen molar-refractivity contribution < 1.29 is 9.32 Å². The molecule has 0 aliphatic carbocycles. The molecule has 1 amide bonds. The maximum atomic E-state index is 12.1. The van der Waals surface area contributed by atoms with Crippen molar-refractivity contribution in [3.8, 4) is 11.4 Å². The van der Waals surface area contributed by atoms with E-state index in [1.165, 1.54) is 0 Å². The highest BCUT2D eigenvalue weighted by Gasteiger charge is 2.13. The zero-order valence-electron chi connectivity index (χ0n) is 14.9. The zero-order chi connectivity index (χ0) is 18.5. The van der Waals surface area contributed by atoms with Crippen molar-refractivity contribution in [2.45, 2.75) is 38.9 Å². The molecule has 1 aliphatic heterocycles. The number of hydrogen-bond acceptors (Lipinski definition) is 7. The molecule has 27 heavy (non-hydrogen) atoms. The fourth-order valence-electron chi connectivity index (χ4n) is 2.97. The van der Waals surface area contributed by atoms with Crippen LogP contribution in [0.1, 0.15) is 30.1 Å². The second-order valence-corrected chi connectivity index (χ2v) is 6.41. The Morgan fingerprint density at radius 2 is 2.37 bits per heavy atom. The number of amides is 1. The van der Waals surface area contributed by atoms with Gasteiger partial charge in [-0.3, -0.25) is 14.5 Å². The first-order valence-corrected chi connectivity index (χ1v) is 9.04. The smallest absolute Gasteiger partial charge is 0.227 e. The predicted octanol–water partition coefficient (Wildman–Crippen LogP) is 1.07. The van der Waals surface area contributed by atoms with Crippen molar-refractivity contribution in [1.82, 2.24) is 35.5 Å². The van der Waals surface area contributed by atoms with Gasteiger partial charge in [-0.1, -0.05) is 5.16 Å².